The average Bonchev–Trinajstić information content (AvgIpc) is 3.00. The van der Waals surface area contributed by atoms with Crippen LogP contribution in [0.5, 0.6) is 0 Å². The van der Waals surface area contributed by atoms with Crippen molar-refractivity contribution in [3.8, 4) is 0 Å². The minimum atomic E-state index is -1.74. The third kappa shape index (κ3) is 15.0. The van der Waals surface area contributed by atoms with Crippen molar-refractivity contribution in [2.75, 3.05) is 0 Å². The first kappa shape index (κ1) is 40.2. The van der Waals surface area contributed by atoms with Crippen LogP contribution in [0.15, 0.2) is 72.4 Å². The Balaban J connectivity index is 2.57. The minimum Gasteiger partial charge on any atom is -0.481 e. The number of amides is 1. The highest BCUT2D eigenvalue weighted by Gasteiger charge is 2.35. The number of nitrogens with two attached hydrogens (primary N) is 1. The van der Waals surface area contributed by atoms with E-state index in [1.807, 2.05) is 13.8 Å². The van der Waals surface area contributed by atoms with Gasteiger partial charge in [0.05, 0.1) is 24.2 Å². The fraction of sp³-hybridized carbons (Fsp3) is 0.529. The number of hydrogen-bond acceptors (Lipinski definition) is 10. The molecule has 0 heterocycles. The van der Waals surface area contributed by atoms with Crippen LogP contribution in [0.1, 0.15) is 59.8 Å². The number of aliphatic hydroxyl groups excluding tert-OH is 4. The molecule has 1 rings (SSSR count). The molecule has 1 amide bonds. The summed E-state index contributed by atoms with van der Waals surface area (Å²) in [5.41, 5.74) is 5.94. The Kier molecular flexibility index (Phi) is 18.4. The molecule has 46 heavy (non-hydrogen) atoms. The van der Waals surface area contributed by atoms with Gasteiger partial charge in [0.1, 0.15) is 18.3 Å². The first-order valence-electron chi connectivity index (χ1n) is 15.3. The minimum absolute atomic E-state index is 0.0727. The number of primary amides is 1. The Morgan fingerprint density at radius 2 is 1.63 bits per heavy atom. The maximum absolute atomic E-state index is 12.6. The number of aliphatic carboxylic acids is 1. The van der Waals surface area contributed by atoms with Crippen LogP contribution in [0.4, 0.5) is 4.79 Å². The van der Waals surface area contributed by atoms with E-state index < -0.39 is 84.6 Å². The quantitative estimate of drug-likeness (QED) is 0.0550. The van der Waals surface area contributed by atoms with Gasteiger partial charge in [0.2, 0.25) is 0 Å². The molecule has 256 valence electrons. The van der Waals surface area contributed by atoms with Gasteiger partial charge < -0.3 is 40.7 Å². The summed E-state index contributed by atoms with van der Waals surface area (Å²) < 4.78 is 10.2. The van der Waals surface area contributed by atoms with Crippen molar-refractivity contribution in [3.05, 3.63) is 72.4 Å². The van der Waals surface area contributed by atoms with Crippen LogP contribution in [0.25, 0.3) is 0 Å². The number of esters is 1. The third-order valence-electron chi connectivity index (χ3n) is 7.61. The molecule has 0 saturated heterocycles. The molecule has 7 N–H and O–H groups in total. The Morgan fingerprint density at radius 1 is 0.957 bits per heavy atom. The molecule has 9 atom stereocenters. The molecule has 0 radical (unpaired) electrons. The second kappa shape index (κ2) is 21.0. The van der Waals surface area contributed by atoms with Crippen molar-refractivity contribution >= 4 is 23.8 Å². The summed E-state index contributed by atoms with van der Waals surface area (Å²) in [4.78, 5) is 47.0. The molecular weight excluding hydrogens is 598 g/mol. The zero-order valence-corrected chi connectivity index (χ0v) is 26.8. The number of carboxylic acids is 1. The van der Waals surface area contributed by atoms with Crippen molar-refractivity contribution in [1.29, 1.82) is 0 Å². The summed E-state index contributed by atoms with van der Waals surface area (Å²) in [6.07, 6.45) is 10.6. The number of aliphatic hydroxyl groups is 4. The van der Waals surface area contributed by atoms with E-state index in [0.717, 1.165) is 5.57 Å². The van der Waals surface area contributed by atoms with Crippen molar-refractivity contribution in [2.45, 2.75) is 96.4 Å². The molecule has 0 unspecified atom stereocenters. The highest BCUT2D eigenvalue weighted by atomic mass is 16.6. The SMILES string of the molecule is CC/C=C/[C@@H](OC(N)=O)[C@@H](C)[C@H](O)CC(=O)[C@@H](O)[C@H](O)[C@H](C)/C=C/C=C/C=C(C)/C=C/C=C/C(=O)O[C@@H]1C[C@@H](C(=O)O)CC[C@@H]1O. The Hall–Kier alpha value is -3.84. The number of carbonyl (C=O) groups excluding carboxylic acids is 3. The van der Waals surface area contributed by atoms with Gasteiger partial charge in [-0.05, 0) is 32.3 Å². The molecule has 0 aliphatic heterocycles. The van der Waals surface area contributed by atoms with E-state index in [1.165, 1.54) is 12.2 Å². The van der Waals surface area contributed by atoms with Crippen LogP contribution in [0.2, 0.25) is 0 Å². The summed E-state index contributed by atoms with van der Waals surface area (Å²) in [5, 5.41) is 50.5. The van der Waals surface area contributed by atoms with Gasteiger partial charge >= 0.3 is 18.0 Å². The number of allylic oxidation sites excluding steroid dienone is 9. The number of rotatable bonds is 18. The zero-order valence-electron chi connectivity index (χ0n) is 26.8. The van der Waals surface area contributed by atoms with Crippen LogP contribution < -0.4 is 5.73 Å². The lowest BCUT2D eigenvalue weighted by molar-refractivity contribution is -0.159. The molecule has 1 aliphatic carbocycles. The van der Waals surface area contributed by atoms with E-state index in [9.17, 15) is 39.6 Å². The highest BCUT2D eigenvalue weighted by molar-refractivity contribution is 5.84. The molecule has 1 aliphatic rings. The van der Waals surface area contributed by atoms with Gasteiger partial charge in [-0.25, -0.2) is 9.59 Å². The highest BCUT2D eigenvalue weighted by Crippen LogP contribution is 2.27. The van der Waals surface area contributed by atoms with E-state index >= 15 is 0 Å². The smallest absolute Gasteiger partial charge is 0.405 e. The fourth-order valence-electron chi connectivity index (χ4n) is 4.61. The van der Waals surface area contributed by atoms with Crippen molar-refractivity contribution < 1.29 is 54.2 Å². The first-order chi connectivity index (χ1) is 21.7. The van der Waals surface area contributed by atoms with Gasteiger partial charge in [-0.2, -0.15) is 0 Å². The van der Waals surface area contributed by atoms with Gasteiger partial charge in [0, 0.05) is 30.8 Å². The number of hydrogen-bond donors (Lipinski definition) is 6. The Morgan fingerprint density at radius 3 is 2.26 bits per heavy atom. The van der Waals surface area contributed by atoms with E-state index in [-0.39, 0.29) is 12.8 Å². The molecule has 12 nitrogen and oxygen atoms in total. The molecule has 0 aromatic carbocycles. The number of ketones is 1. The summed E-state index contributed by atoms with van der Waals surface area (Å²) >= 11 is 0. The van der Waals surface area contributed by atoms with Crippen LogP contribution in [0.3, 0.4) is 0 Å². The molecule has 0 aromatic heterocycles. The van der Waals surface area contributed by atoms with E-state index in [0.29, 0.717) is 12.8 Å². The topological polar surface area (TPSA) is 214 Å². The van der Waals surface area contributed by atoms with Crippen LogP contribution in [-0.2, 0) is 23.9 Å². The predicted octanol–water partition coefficient (Wildman–Crippen LogP) is 3.06. The maximum atomic E-state index is 12.6. The lowest BCUT2D eigenvalue weighted by Crippen LogP contribution is -2.41. The molecule has 12 heteroatoms. The van der Waals surface area contributed by atoms with Gasteiger partial charge in [-0.15, -0.1) is 0 Å². The number of carbonyl (C=O) groups is 4. The van der Waals surface area contributed by atoms with Gasteiger partial charge in [0.15, 0.2) is 5.78 Å². The molecular formula is C34H49NO11. The predicted molar refractivity (Wildman–Crippen MR) is 171 cm³/mol. The van der Waals surface area contributed by atoms with E-state index in [4.69, 9.17) is 20.3 Å². The fourth-order valence-corrected chi connectivity index (χ4v) is 4.61. The summed E-state index contributed by atoms with van der Waals surface area (Å²) in [7, 11) is 0. The lowest BCUT2D eigenvalue weighted by Gasteiger charge is -2.30. The maximum Gasteiger partial charge on any atom is 0.405 e. The lowest BCUT2D eigenvalue weighted by atomic mass is 9.85. The number of carboxylic acid groups (broad SMARTS) is 1. The summed E-state index contributed by atoms with van der Waals surface area (Å²) in [5.74, 6) is -4.35. The van der Waals surface area contributed by atoms with Crippen LogP contribution in [0, 0.1) is 17.8 Å². The monoisotopic (exact) mass is 647 g/mol. The zero-order chi connectivity index (χ0) is 34.8. The average molecular weight is 648 g/mol. The first-order valence-corrected chi connectivity index (χ1v) is 15.3. The van der Waals surface area contributed by atoms with Crippen molar-refractivity contribution in [3.63, 3.8) is 0 Å². The van der Waals surface area contributed by atoms with Gasteiger partial charge in [-0.1, -0.05) is 81.0 Å². The van der Waals surface area contributed by atoms with Crippen molar-refractivity contribution in [2.24, 2.45) is 23.5 Å². The molecule has 1 fully saturated rings. The van der Waals surface area contributed by atoms with Crippen LogP contribution in [-0.4, -0.2) is 86.0 Å². The third-order valence-corrected chi connectivity index (χ3v) is 7.61. The number of Topliss-reactive ketones (excluding diaryl/α,β-unsaturated/α-hetero) is 1. The van der Waals surface area contributed by atoms with Crippen molar-refractivity contribution in [1.82, 2.24) is 0 Å². The standard InChI is InChI=1S/C34H49NO11/c1-5-6-15-28(46-34(35)44)23(4)26(37)20-27(38)32(41)31(40)22(3)14-9-7-8-12-21(2)13-10-11-16-30(39)45-29-19-24(33(42)43)17-18-25(29)36/h6-16,22-26,28-29,31-32,36-37,40-41H,5,17-20H2,1-4H3,(H2,35,44)(H,42,43)/b8-7+,13-10+,14-9+,15-6+,16-11+,21-12+/t22-,23+,24+,25+,26-,28-,29-,31-,32-/m1/s1. The Labute approximate surface area is 270 Å². The van der Waals surface area contributed by atoms with Gasteiger partial charge in [0.25, 0.3) is 0 Å². The molecule has 0 aromatic rings. The van der Waals surface area contributed by atoms with Crippen LogP contribution >= 0.6 is 0 Å². The second-order valence-electron chi connectivity index (χ2n) is 11.4. The Bertz CT molecular complexity index is 1190. The number of ether oxygens (including phenoxy) is 2. The molecule has 0 bridgehead atoms. The van der Waals surface area contributed by atoms with E-state index in [1.54, 1.807) is 68.5 Å². The van der Waals surface area contributed by atoms with E-state index in [2.05, 4.69) is 0 Å². The normalized spacial score (nSPS) is 23.5. The second-order valence-corrected chi connectivity index (χ2v) is 11.4. The largest absolute Gasteiger partial charge is 0.481 e. The van der Waals surface area contributed by atoms with Gasteiger partial charge in [-0.3, -0.25) is 9.59 Å². The molecule has 1 saturated carbocycles. The molecule has 0 spiro atoms. The summed E-state index contributed by atoms with van der Waals surface area (Å²) in [6.45, 7) is 6.90. The summed E-state index contributed by atoms with van der Waals surface area (Å²) in [6, 6.07) is 0.